The molecule has 0 saturated heterocycles. The van der Waals surface area contributed by atoms with Gasteiger partial charge in [-0.15, -0.1) is 0 Å². The second kappa shape index (κ2) is 8.21. The topological polar surface area (TPSA) is 73.3 Å². The fourth-order valence-corrected chi connectivity index (χ4v) is 2.81. The molecule has 0 fully saturated rings. The Morgan fingerprint density at radius 1 is 1.15 bits per heavy atom. The SMILES string of the molecule is CCNC(=NCc1cccc(C#N)c1)NCc1oc2ccccc2c1C. The maximum atomic E-state index is 9.00. The van der Waals surface area contributed by atoms with E-state index in [-0.39, 0.29) is 0 Å². The van der Waals surface area contributed by atoms with Crippen LogP contribution in [0.5, 0.6) is 0 Å². The summed E-state index contributed by atoms with van der Waals surface area (Å²) in [6.07, 6.45) is 0. The normalized spacial score (nSPS) is 11.3. The molecule has 0 bridgehead atoms. The van der Waals surface area contributed by atoms with E-state index in [0.717, 1.165) is 40.4 Å². The first-order valence-corrected chi connectivity index (χ1v) is 8.69. The van der Waals surface area contributed by atoms with E-state index in [0.29, 0.717) is 18.7 Å². The van der Waals surface area contributed by atoms with Gasteiger partial charge in [0.1, 0.15) is 11.3 Å². The van der Waals surface area contributed by atoms with Gasteiger partial charge in [0.05, 0.1) is 24.7 Å². The molecule has 0 aliphatic carbocycles. The highest BCUT2D eigenvalue weighted by atomic mass is 16.3. The average molecular weight is 346 g/mol. The van der Waals surface area contributed by atoms with E-state index in [2.05, 4.69) is 34.7 Å². The number of benzene rings is 2. The number of aliphatic imine (C=N–C) groups is 1. The van der Waals surface area contributed by atoms with Gasteiger partial charge in [-0.25, -0.2) is 4.99 Å². The Balaban J connectivity index is 1.71. The van der Waals surface area contributed by atoms with Crippen LogP contribution in [0.3, 0.4) is 0 Å². The van der Waals surface area contributed by atoms with Crippen LogP contribution >= 0.6 is 0 Å². The van der Waals surface area contributed by atoms with Gasteiger partial charge in [0, 0.05) is 17.5 Å². The van der Waals surface area contributed by atoms with E-state index >= 15 is 0 Å². The van der Waals surface area contributed by atoms with Crippen molar-refractivity contribution in [1.29, 1.82) is 5.26 Å². The minimum Gasteiger partial charge on any atom is -0.459 e. The summed E-state index contributed by atoms with van der Waals surface area (Å²) < 4.78 is 5.94. The molecule has 3 aromatic rings. The monoisotopic (exact) mass is 346 g/mol. The molecule has 5 nitrogen and oxygen atoms in total. The number of nitrogens with one attached hydrogen (secondary N) is 2. The van der Waals surface area contributed by atoms with Crippen LogP contribution in [-0.4, -0.2) is 12.5 Å². The van der Waals surface area contributed by atoms with Crippen molar-refractivity contribution >= 4 is 16.9 Å². The standard InChI is InChI=1S/C21H22N4O/c1-3-23-21(24-13-17-8-6-7-16(11-17)12-22)25-14-20-15(2)18-9-4-5-10-19(18)26-20/h4-11H,3,13-14H2,1-2H3,(H2,23,24,25). The summed E-state index contributed by atoms with van der Waals surface area (Å²) in [5.74, 6) is 1.62. The lowest BCUT2D eigenvalue weighted by atomic mass is 10.1. The Bertz CT molecular complexity index is 966. The third-order valence-corrected chi connectivity index (χ3v) is 4.18. The number of guanidine groups is 1. The molecule has 5 heteroatoms. The Morgan fingerprint density at radius 3 is 2.77 bits per heavy atom. The number of nitrogens with zero attached hydrogens (tertiary/aromatic N) is 2. The molecule has 3 rings (SSSR count). The summed E-state index contributed by atoms with van der Waals surface area (Å²) in [6.45, 7) is 5.93. The van der Waals surface area contributed by atoms with Gasteiger partial charge in [-0.1, -0.05) is 30.3 Å². The smallest absolute Gasteiger partial charge is 0.191 e. The third-order valence-electron chi connectivity index (χ3n) is 4.18. The molecule has 0 atom stereocenters. The zero-order chi connectivity index (χ0) is 18.4. The Kier molecular flexibility index (Phi) is 5.55. The van der Waals surface area contributed by atoms with Gasteiger partial charge in [-0.3, -0.25) is 0 Å². The number of fused-ring (bicyclic) bond motifs is 1. The summed E-state index contributed by atoms with van der Waals surface area (Å²) in [4.78, 5) is 4.60. The fourth-order valence-electron chi connectivity index (χ4n) is 2.81. The van der Waals surface area contributed by atoms with Gasteiger partial charge in [0.15, 0.2) is 5.96 Å². The van der Waals surface area contributed by atoms with Crippen molar-refractivity contribution in [1.82, 2.24) is 10.6 Å². The van der Waals surface area contributed by atoms with Crippen molar-refractivity contribution in [2.45, 2.75) is 26.9 Å². The van der Waals surface area contributed by atoms with Crippen LogP contribution in [0.1, 0.15) is 29.4 Å². The second-order valence-corrected chi connectivity index (χ2v) is 6.01. The molecule has 26 heavy (non-hydrogen) atoms. The number of hydrogen-bond acceptors (Lipinski definition) is 3. The first kappa shape index (κ1) is 17.6. The van der Waals surface area contributed by atoms with E-state index in [9.17, 15) is 0 Å². The number of furan rings is 1. The van der Waals surface area contributed by atoms with Gasteiger partial charge in [0.25, 0.3) is 0 Å². The molecule has 0 amide bonds. The predicted octanol–water partition coefficient (Wildman–Crippen LogP) is 3.87. The Hall–Kier alpha value is -3.26. The van der Waals surface area contributed by atoms with Gasteiger partial charge < -0.3 is 15.1 Å². The number of rotatable bonds is 5. The first-order valence-electron chi connectivity index (χ1n) is 8.69. The maximum absolute atomic E-state index is 9.00. The predicted molar refractivity (Wildman–Crippen MR) is 104 cm³/mol. The number of para-hydroxylation sites is 1. The molecule has 0 unspecified atom stereocenters. The van der Waals surface area contributed by atoms with Crippen molar-refractivity contribution in [2.24, 2.45) is 4.99 Å². The van der Waals surface area contributed by atoms with Crippen molar-refractivity contribution in [3.8, 4) is 6.07 Å². The van der Waals surface area contributed by atoms with Gasteiger partial charge >= 0.3 is 0 Å². The van der Waals surface area contributed by atoms with Crippen molar-refractivity contribution in [2.75, 3.05) is 6.54 Å². The van der Waals surface area contributed by atoms with Crippen molar-refractivity contribution in [3.63, 3.8) is 0 Å². The fraction of sp³-hybridized carbons (Fsp3) is 0.238. The minimum absolute atomic E-state index is 0.504. The quantitative estimate of drug-likeness (QED) is 0.543. The largest absolute Gasteiger partial charge is 0.459 e. The molecule has 0 aliphatic rings. The average Bonchev–Trinajstić information content (AvgIpc) is 3.00. The molecule has 132 valence electrons. The molecule has 0 saturated carbocycles. The van der Waals surface area contributed by atoms with E-state index in [4.69, 9.17) is 9.68 Å². The van der Waals surface area contributed by atoms with E-state index in [1.807, 2.05) is 43.3 Å². The molecule has 2 aromatic carbocycles. The molecular weight excluding hydrogens is 324 g/mol. The number of nitriles is 1. The molecule has 0 aliphatic heterocycles. The minimum atomic E-state index is 0.504. The summed E-state index contributed by atoms with van der Waals surface area (Å²) in [7, 11) is 0. The zero-order valence-electron chi connectivity index (χ0n) is 15.0. The van der Waals surface area contributed by atoms with Crippen LogP contribution in [0.2, 0.25) is 0 Å². The van der Waals surface area contributed by atoms with Crippen LogP contribution < -0.4 is 10.6 Å². The summed E-state index contributed by atoms with van der Waals surface area (Å²) in [6, 6.07) is 17.7. The molecule has 0 spiro atoms. The highest BCUT2D eigenvalue weighted by molar-refractivity contribution is 5.83. The Morgan fingerprint density at radius 2 is 2.00 bits per heavy atom. The lowest BCUT2D eigenvalue weighted by Gasteiger charge is -2.10. The zero-order valence-corrected chi connectivity index (χ0v) is 15.0. The van der Waals surface area contributed by atoms with Crippen LogP contribution in [0, 0.1) is 18.3 Å². The summed E-state index contributed by atoms with van der Waals surface area (Å²) in [5.41, 5.74) is 3.69. The first-order chi connectivity index (χ1) is 12.7. The van der Waals surface area contributed by atoms with Crippen LogP contribution in [-0.2, 0) is 13.1 Å². The Labute approximate surface area is 153 Å². The van der Waals surface area contributed by atoms with Gasteiger partial charge in [-0.05, 0) is 37.6 Å². The number of hydrogen-bond donors (Lipinski definition) is 2. The van der Waals surface area contributed by atoms with E-state index in [1.165, 1.54) is 0 Å². The van der Waals surface area contributed by atoms with Crippen molar-refractivity contribution < 1.29 is 4.42 Å². The summed E-state index contributed by atoms with van der Waals surface area (Å²) >= 11 is 0. The molecule has 0 radical (unpaired) electrons. The molecule has 2 N–H and O–H groups in total. The lowest BCUT2D eigenvalue weighted by molar-refractivity contribution is 0.534. The third kappa shape index (κ3) is 4.04. The van der Waals surface area contributed by atoms with E-state index in [1.54, 1.807) is 6.07 Å². The highest BCUT2D eigenvalue weighted by Crippen LogP contribution is 2.24. The van der Waals surface area contributed by atoms with Crippen LogP contribution in [0.15, 0.2) is 57.9 Å². The van der Waals surface area contributed by atoms with Crippen molar-refractivity contribution in [3.05, 3.63) is 71.0 Å². The second-order valence-electron chi connectivity index (χ2n) is 6.01. The van der Waals surface area contributed by atoms with Crippen LogP contribution in [0.25, 0.3) is 11.0 Å². The number of aryl methyl sites for hydroxylation is 1. The lowest BCUT2D eigenvalue weighted by Crippen LogP contribution is -2.36. The maximum Gasteiger partial charge on any atom is 0.191 e. The molecule has 1 aromatic heterocycles. The van der Waals surface area contributed by atoms with E-state index < -0.39 is 0 Å². The van der Waals surface area contributed by atoms with Crippen LogP contribution in [0.4, 0.5) is 0 Å². The van der Waals surface area contributed by atoms with Gasteiger partial charge in [0.2, 0.25) is 0 Å². The highest BCUT2D eigenvalue weighted by Gasteiger charge is 2.10. The molecule has 1 heterocycles. The van der Waals surface area contributed by atoms with Gasteiger partial charge in [-0.2, -0.15) is 5.26 Å². The summed E-state index contributed by atoms with van der Waals surface area (Å²) in [5, 5.41) is 16.7. The molecular formula is C21H22N4O.